The predicted octanol–water partition coefficient (Wildman–Crippen LogP) is 4.66. The molecular formula is C21H10Cl2N4O6. The van der Waals surface area contributed by atoms with Crippen LogP contribution in [0.2, 0.25) is 10.0 Å². The summed E-state index contributed by atoms with van der Waals surface area (Å²) in [6.45, 7) is 0. The van der Waals surface area contributed by atoms with Crippen LogP contribution < -0.4 is 0 Å². The van der Waals surface area contributed by atoms with Crippen molar-refractivity contribution < 1.29 is 29.7 Å². The van der Waals surface area contributed by atoms with Crippen molar-refractivity contribution in [3.8, 4) is 11.4 Å². The molecule has 164 valence electrons. The Morgan fingerprint density at radius 2 is 1.42 bits per heavy atom. The average molecular weight is 485 g/mol. The molecule has 0 aliphatic rings. The fraction of sp³-hybridized carbons (Fsp3) is 0. The standard InChI is InChI=1S/C21H10Cl2N4O6/c22-6-1-2-7(10(23)3-6)18-26-15-9-5-12(21(32)33)24-14(9)13-8(19(28)29)4-11(20(30)31)25-16(13)17(15)27-18/h1-5,24-25H,(H,28,29)(H,30,31)(H,32,33). The molecule has 0 radical (unpaired) electrons. The molecule has 3 aromatic heterocycles. The van der Waals surface area contributed by atoms with Crippen LogP contribution in [0.25, 0.3) is 44.2 Å². The van der Waals surface area contributed by atoms with Gasteiger partial charge in [0.15, 0.2) is 5.82 Å². The number of imidazole rings is 1. The summed E-state index contributed by atoms with van der Waals surface area (Å²) in [5.41, 5.74) is 0.108. The minimum absolute atomic E-state index is 0.0659. The quantitative estimate of drug-likeness (QED) is 0.245. The van der Waals surface area contributed by atoms with Crippen molar-refractivity contribution in [1.82, 2.24) is 19.9 Å². The molecule has 0 aliphatic carbocycles. The second-order valence-corrected chi connectivity index (χ2v) is 7.95. The molecule has 5 N–H and O–H groups in total. The fourth-order valence-corrected chi connectivity index (χ4v) is 4.25. The number of carboxylic acids is 3. The zero-order valence-electron chi connectivity index (χ0n) is 16.1. The third kappa shape index (κ3) is 3.15. The lowest BCUT2D eigenvalue weighted by Gasteiger charge is -2.08. The van der Waals surface area contributed by atoms with E-state index in [-0.39, 0.29) is 55.3 Å². The summed E-state index contributed by atoms with van der Waals surface area (Å²) in [6, 6.07) is 6.98. The number of hydrogen-bond donors (Lipinski definition) is 5. The van der Waals surface area contributed by atoms with Gasteiger partial charge >= 0.3 is 17.9 Å². The van der Waals surface area contributed by atoms with Crippen molar-refractivity contribution in [3.63, 3.8) is 0 Å². The van der Waals surface area contributed by atoms with E-state index in [1.54, 1.807) is 12.1 Å². The molecule has 2 aromatic carbocycles. The van der Waals surface area contributed by atoms with Crippen LogP contribution >= 0.6 is 23.2 Å². The van der Waals surface area contributed by atoms with Gasteiger partial charge in [0.05, 0.1) is 21.6 Å². The number of carboxylic acid groups (broad SMARTS) is 3. The topological polar surface area (TPSA) is 169 Å². The number of aromatic amines is 2. The number of carbonyl (C=O) groups is 3. The first kappa shape index (κ1) is 20.7. The lowest BCUT2D eigenvalue weighted by Crippen LogP contribution is -2.07. The maximum atomic E-state index is 12.0. The van der Waals surface area contributed by atoms with E-state index in [4.69, 9.17) is 23.2 Å². The molecule has 0 spiro atoms. The van der Waals surface area contributed by atoms with Crippen LogP contribution in [0.5, 0.6) is 0 Å². The van der Waals surface area contributed by atoms with E-state index in [9.17, 15) is 29.7 Å². The molecule has 12 heteroatoms. The summed E-state index contributed by atoms with van der Waals surface area (Å²) in [5.74, 6) is -3.88. The molecule has 0 aliphatic heterocycles. The summed E-state index contributed by atoms with van der Waals surface area (Å²) in [6.07, 6.45) is 0. The molecule has 0 unspecified atom stereocenters. The maximum absolute atomic E-state index is 12.0. The molecule has 0 fully saturated rings. The van der Waals surface area contributed by atoms with E-state index < -0.39 is 17.9 Å². The Bertz CT molecular complexity index is 1690. The number of nitrogens with one attached hydrogen (secondary N) is 2. The van der Waals surface area contributed by atoms with Crippen LogP contribution in [0.3, 0.4) is 0 Å². The third-order valence-corrected chi connectivity index (χ3v) is 5.70. The van der Waals surface area contributed by atoms with Crippen molar-refractivity contribution in [2.45, 2.75) is 0 Å². The average Bonchev–Trinajstić information content (AvgIpc) is 3.37. The Balaban J connectivity index is 2.00. The summed E-state index contributed by atoms with van der Waals surface area (Å²) in [5, 5.41) is 29.8. The lowest BCUT2D eigenvalue weighted by atomic mass is 10.0. The van der Waals surface area contributed by atoms with Gasteiger partial charge in [0.2, 0.25) is 0 Å². The monoisotopic (exact) mass is 484 g/mol. The number of pyridine rings is 1. The van der Waals surface area contributed by atoms with E-state index in [0.29, 0.717) is 16.0 Å². The summed E-state index contributed by atoms with van der Waals surface area (Å²) >= 11 is 12.3. The number of nitrogens with zero attached hydrogens (tertiary/aromatic N) is 2. The summed E-state index contributed by atoms with van der Waals surface area (Å²) < 4.78 is 0. The number of halogens is 2. The highest BCUT2D eigenvalue weighted by Gasteiger charge is 2.25. The molecule has 0 saturated heterocycles. The fourth-order valence-electron chi connectivity index (χ4n) is 3.76. The molecule has 33 heavy (non-hydrogen) atoms. The van der Waals surface area contributed by atoms with Gasteiger partial charge in [-0.2, -0.15) is 0 Å². The number of fused-ring (bicyclic) bond motifs is 6. The molecule has 5 rings (SSSR count). The third-order valence-electron chi connectivity index (χ3n) is 5.15. The van der Waals surface area contributed by atoms with Gasteiger partial charge < -0.3 is 25.3 Å². The molecule has 0 atom stereocenters. The lowest BCUT2D eigenvalue weighted by molar-refractivity contribution is 0.0678. The van der Waals surface area contributed by atoms with E-state index in [2.05, 4.69) is 19.9 Å². The van der Waals surface area contributed by atoms with E-state index >= 15 is 0 Å². The number of aromatic carboxylic acids is 3. The number of hydrogen-bond acceptors (Lipinski definition) is 5. The summed E-state index contributed by atoms with van der Waals surface area (Å²) in [4.78, 5) is 49.7. The molecule has 0 amide bonds. The first-order valence-electron chi connectivity index (χ1n) is 9.20. The van der Waals surface area contributed by atoms with Gasteiger partial charge in [-0.15, -0.1) is 0 Å². The number of aromatic nitrogens is 4. The van der Waals surface area contributed by atoms with Gasteiger partial charge in [-0.3, -0.25) is 0 Å². The number of benzene rings is 2. The normalized spacial score (nSPS) is 11.5. The zero-order chi connectivity index (χ0) is 23.6. The molecule has 5 aromatic rings. The minimum Gasteiger partial charge on any atom is -0.478 e. The van der Waals surface area contributed by atoms with Gasteiger partial charge in [0.1, 0.15) is 22.4 Å². The Kier molecular flexibility index (Phi) is 4.52. The molecule has 10 nitrogen and oxygen atoms in total. The highest BCUT2D eigenvalue weighted by molar-refractivity contribution is 6.36. The largest absolute Gasteiger partial charge is 0.478 e. The Morgan fingerprint density at radius 1 is 0.788 bits per heavy atom. The highest BCUT2D eigenvalue weighted by Crippen LogP contribution is 2.38. The molecule has 0 saturated carbocycles. The van der Waals surface area contributed by atoms with Crippen molar-refractivity contribution in [3.05, 3.63) is 57.3 Å². The van der Waals surface area contributed by atoms with Crippen LogP contribution in [-0.4, -0.2) is 53.2 Å². The van der Waals surface area contributed by atoms with Crippen LogP contribution in [0.15, 0.2) is 30.3 Å². The van der Waals surface area contributed by atoms with Crippen molar-refractivity contribution in [2.24, 2.45) is 0 Å². The highest BCUT2D eigenvalue weighted by atomic mass is 35.5. The Labute approximate surface area is 192 Å². The summed E-state index contributed by atoms with van der Waals surface area (Å²) in [7, 11) is 0. The smallest absolute Gasteiger partial charge is 0.352 e. The molecular weight excluding hydrogens is 475 g/mol. The second kappa shape index (κ2) is 7.19. The van der Waals surface area contributed by atoms with Gasteiger partial charge in [-0.05, 0) is 30.3 Å². The van der Waals surface area contributed by atoms with E-state index in [1.165, 1.54) is 12.1 Å². The zero-order valence-corrected chi connectivity index (χ0v) is 17.6. The van der Waals surface area contributed by atoms with Crippen molar-refractivity contribution in [2.75, 3.05) is 0 Å². The van der Waals surface area contributed by atoms with Crippen LogP contribution in [-0.2, 0) is 0 Å². The van der Waals surface area contributed by atoms with Crippen molar-refractivity contribution in [1.29, 1.82) is 0 Å². The van der Waals surface area contributed by atoms with Crippen LogP contribution in [0.1, 0.15) is 31.3 Å². The number of H-pyrrole nitrogens is 2. The van der Waals surface area contributed by atoms with E-state index in [1.807, 2.05) is 0 Å². The first-order valence-corrected chi connectivity index (χ1v) is 9.95. The predicted molar refractivity (Wildman–Crippen MR) is 120 cm³/mol. The Morgan fingerprint density at radius 3 is 2.06 bits per heavy atom. The van der Waals surface area contributed by atoms with Gasteiger partial charge in [0.25, 0.3) is 0 Å². The first-order chi connectivity index (χ1) is 15.7. The van der Waals surface area contributed by atoms with Crippen LogP contribution in [0, 0.1) is 0 Å². The van der Waals surface area contributed by atoms with Crippen LogP contribution in [0.4, 0.5) is 0 Å². The second-order valence-electron chi connectivity index (χ2n) is 7.10. The van der Waals surface area contributed by atoms with Gasteiger partial charge in [-0.1, -0.05) is 23.2 Å². The SMILES string of the molecule is O=C(O)c1cc2c3nc(-c4ccc(Cl)cc4Cl)nc3c3[nH]c(C(=O)O)cc(C(=O)O)c3c2[nH]1. The van der Waals surface area contributed by atoms with Crippen molar-refractivity contribution >= 4 is 73.9 Å². The minimum atomic E-state index is -1.40. The van der Waals surface area contributed by atoms with Gasteiger partial charge in [-0.25, -0.2) is 24.4 Å². The van der Waals surface area contributed by atoms with E-state index in [0.717, 1.165) is 6.07 Å². The van der Waals surface area contributed by atoms with Gasteiger partial charge in [0, 0.05) is 21.4 Å². The maximum Gasteiger partial charge on any atom is 0.352 e. The molecule has 0 bridgehead atoms. The molecule has 3 heterocycles. The number of rotatable bonds is 4. The Hall–Kier alpha value is -4.15.